The van der Waals surface area contributed by atoms with Crippen molar-refractivity contribution in [1.82, 2.24) is 0 Å². The molecular formula is C12H13ClN2S. The molecule has 1 aromatic heterocycles. The van der Waals surface area contributed by atoms with E-state index in [4.69, 9.17) is 17.3 Å². The molecular weight excluding hydrogens is 240 g/mol. The summed E-state index contributed by atoms with van der Waals surface area (Å²) in [4.78, 5) is 2.60. The van der Waals surface area contributed by atoms with Gasteiger partial charge in [0, 0.05) is 21.3 Å². The molecule has 0 unspecified atom stereocenters. The van der Waals surface area contributed by atoms with Gasteiger partial charge in [0.2, 0.25) is 0 Å². The molecule has 0 fully saturated rings. The summed E-state index contributed by atoms with van der Waals surface area (Å²) in [6.45, 7) is 2.88. The lowest BCUT2D eigenvalue weighted by Gasteiger charge is -2.08. The second kappa shape index (κ2) is 4.76. The van der Waals surface area contributed by atoms with Crippen LogP contribution in [0.4, 0.5) is 11.4 Å². The first-order chi connectivity index (χ1) is 7.65. The molecule has 16 heavy (non-hydrogen) atoms. The number of anilines is 2. The second-order valence-corrected chi connectivity index (χ2v) is 5.41. The van der Waals surface area contributed by atoms with Gasteiger partial charge in [-0.15, -0.1) is 11.3 Å². The Kier molecular flexibility index (Phi) is 3.36. The van der Waals surface area contributed by atoms with Crippen LogP contribution in [0.5, 0.6) is 0 Å². The lowest BCUT2D eigenvalue weighted by atomic mass is 10.2. The topological polar surface area (TPSA) is 38.0 Å². The number of nitrogens with one attached hydrogen (secondary N) is 1. The first kappa shape index (κ1) is 11.3. The normalized spacial score (nSPS) is 10.4. The molecule has 3 N–H and O–H groups in total. The molecule has 2 rings (SSSR count). The number of halogens is 1. The number of thiophene rings is 1. The van der Waals surface area contributed by atoms with E-state index in [-0.39, 0.29) is 0 Å². The van der Waals surface area contributed by atoms with Gasteiger partial charge >= 0.3 is 0 Å². The van der Waals surface area contributed by atoms with Crippen LogP contribution in [0.2, 0.25) is 5.02 Å². The Balaban J connectivity index is 2.07. The molecule has 0 aliphatic heterocycles. The summed E-state index contributed by atoms with van der Waals surface area (Å²) in [6, 6.07) is 9.68. The highest BCUT2D eigenvalue weighted by Crippen LogP contribution is 2.24. The van der Waals surface area contributed by atoms with Crippen LogP contribution in [-0.4, -0.2) is 0 Å². The van der Waals surface area contributed by atoms with Gasteiger partial charge in [0.25, 0.3) is 0 Å². The molecule has 0 saturated heterocycles. The average Bonchev–Trinajstić information content (AvgIpc) is 2.66. The summed E-state index contributed by atoms with van der Waals surface area (Å²) in [7, 11) is 0. The number of rotatable bonds is 3. The molecule has 1 heterocycles. The number of nitrogen functional groups attached to an aromatic ring is 1. The van der Waals surface area contributed by atoms with Crippen LogP contribution in [0.1, 0.15) is 9.75 Å². The highest BCUT2D eigenvalue weighted by Gasteiger charge is 2.01. The number of aryl methyl sites for hydroxylation is 1. The Morgan fingerprint density at radius 1 is 1.31 bits per heavy atom. The summed E-state index contributed by atoms with van der Waals surface area (Å²) in [5, 5.41) is 3.98. The van der Waals surface area contributed by atoms with Crippen molar-refractivity contribution in [3.05, 3.63) is 45.1 Å². The third kappa shape index (κ3) is 2.68. The highest BCUT2D eigenvalue weighted by molar-refractivity contribution is 7.11. The summed E-state index contributed by atoms with van der Waals surface area (Å²) < 4.78 is 0. The van der Waals surface area contributed by atoms with Gasteiger partial charge in [0.15, 0.2) is 0 Å². The van der Waals surface area contributed by atoms with E-state index in [1.807, 2.05) is 12.1 Å². The Morgan fingerprint density at radius 3 is 2.81 bits per heavy atom. The SMILES string of the molecule is Cc1ccc(CNc2cc(Cl)ccc2N)s1. The average molecular weight is 253 g/mol. The maximum atomic E-state index is 5.91. The fourth-order valence-corrected chi connectivity index (χ4v) is 2.45. The molecule has 4 heteroatoms. The summed E-state index contributed by atoms with van der Waals surface area (Å²) in [5.74, 6) is 0. The third-order valence-electron chi connectivity index (χ3n) is 2.26. The summed E-state index contributed by atoms with van der Waals surface area (Å²) >= 11 is 7.69. The van der Waals surface area contributed by atoms with Gasteiger partial charge in [-0.05, 0) is 37.3 Å². The van der Waals surface area contributed by atoms with Crippen LogP contribution in [0.15, 0.2) is 30.3 Å². The molecule has 1 aromatic carbocycles. The third-order valence-corrected chi connectivity index (χ3v) is 3.50. The van der Waals surface area contributed by atoms with E-state index in [1.165, 1.54) is 9.75 Å². The predicted molar refractivity (Wildman–Crippen MR) is 72.2 cm³/mol. The zero-order chi connectivity index (χ0) is 11.5. The van der Waals surface area contributed by atoms with E-state index in [9.17, 15) is 0 Å². The molecule has 84 valence electrons. The van der Waals surface area contributed by atoms with Crippen molar-refractivity contribution < 1.29 is 0 Å². The van der Waals surface area contributed by atoms with Crippen molar-refractivity contribution in [3.63, 3.8) is 0 Å². The van der Waals surface area contributed by atoms with Gasteiger partial charge in [-0.3, -0.25) is 0 Å². The van der Waals surface area contributed by atoms with Gasteiger partial charge in [-0.1, -0.05) is 11.6 Å². The first-order valence-corrected chi connectivity index (χ1v) is 6.19. The highest BCUT2D eigenvalue weighted by atomic mass is 35.5. The molecule has 0 radical (unpaired) electrons. The van der Waals surface area contributed by atoms with Crippen LogP contribution >= 0.6 is 22.9 Å². The van der Waals surface area contributed by atoms with E-state index in [0.29, 0.717) is 5.02 Å². The van der Waals surface area contributed by atoms with E-state index in [2.05, 4.69) is 24.4 Å². The van der Waals surface area contributed by atoms with Gasteiger partial charge in [-0.25, -0.2) is 0 Å². The van der Waals surface area contributed by atoms with Crippen molar-refractivity contribution in [2.75, 3.05) is 11.1 Å². The Labute approximate surface area is 104 Å². The van der Waals surface area contributed by atoms with Gasteiger partial charge < -0.3 is 11.1 Å². The smallest absolute Gasteiger partial charge is 0.0591 e. The minimum atomic E-state index is 0.694. The zero-order valence-corrected chi connectivity index (χ0v) is 10.5. The molecule has 0 amide bonds. The van der Waals surface area contributed by atoms with E-state index >= 15 is 0 Å². The van der Waals surface area contributed by atoms with E-state index in [0.717, 1.165) is 17.9 Å². The van der Waals surface area contributed by atoms with Gasteiger partial charge in [-0.2, -0.15) is 0 Å². The molecule has 0 bridgehead atoms. The summed E-state index contributed by atoms with van der Waals surface area (Å²) in [6.07, 6.45) is 0. The number of benzene rings is 1. The van der Waals surface area contributed by atoms with E-state index < -0.39 is 0 Å². The van der Waals surface area contributed by atoms with Crippen LogP contribution in [0.25, 0.3) is 0 Å². The number of nitrogens with two attached hydrogens (primary N) is 1. The second-order valence-electron chi connectivity index (χ2n) is 3.60. The van der Waals surface area contributed by atoms with Gasteiger partial charge in [0.1, 0.15) is 0 Å². The lowest BCUT2D eigenvalue weighted by Crippen LogP contribution is -2.00. The number of hydrogen-bond acceptors (Lipinski definition) is 3. The Morgan fingerprint density at radius 2 is 2.12 bits per heavy atom. The minimum absolute atomic E-state index is 0.694. The number of hydrogen-bond donors (Lipinski definition) is 2. The quantitative estimate of drug-likeness (QED) is 0.813. The van der Waals surface area contributed by atoms with Crippen molar-refractivity contribution in [1.29, 1.82) is 0 Å². The maximum absolute atomic E-state index is 5.91. The van der Waals surface area contributed by atoms with Crippen molar-refractivity contribution in [2.24, 2.45) is 0 Å². The van der Waals surface area contributed by atoms with Crippen LogP contribution < -0.4 is 11.1 Å². The fraction of sp³-hybridized carbons (Fsp3) is 0.167. The van der Waals surface area contributed by atoms with Crippen molar-refractivity contribution >= 4 is 34.3 Å². The molecule has 0 saturated carbocycles. The lowest BCUT2D eigenvalue weighted by molar-refractivity contribution is 1.19. The first-order valence-electron chi connectivity index (χ1n) is 4.99. The zero-order valence-electron chi connectivity index (χ0n) is 8.96. The molecule has 0 spiro atoms. The fourth-order valence-electron chi connectivity index (χ4n) is 1.44. The molecule has 0 aliphatic carbocycles. The standard InChI is InChI=1S/C12H13ClN2S/c1-8-2-4-10(16-8)7-15-12-6-9(13)3-5-11(12)14/h2-6,15H,7,14H2,1H3. The maximum Gasteiger partial charge on any atom is 0.0591 e. The van der Waals surface area contributed by atoms with E-state index in [1.54, 1.807) is 17.4 Å². The van der Waals surface area contributed by atoms with Crippen LogP contribution in [0, 0.1) is 6.92 Å². The van der Waals surface area contributed by atoms with Crippen LogP contribution in [0.3, 0.4) is 0 Å². The minimum Gasteiger partial charge on any atom is -0.397 e. The van der Waals surface area contributed by atoms with Gasteiger partial charge in [0.05, 0.1) is 11.4 Å². The molecule has 0 atom stereocenters. The molecule has 2 aromatic rings. The van der Waals surface area contributed by atoms with Crippen LogP contribution in [-0.2, 0) is 6.54 Å². The largest absolute Gasteiger partial charge is 0.397 e. The Hall–Kier alpha value is -1.19. The monoisotopic (exact) mass is 252 g/mol. The molecule has 2 nitrogen and oxygen atoms in total. The molecule has 0 aliphatic rings. The Bertz CT molecular complexity index is 494. The predicted octanol–water partition coefficient (Wildman–Crippen LogP) is 3.90. The van der Waals surface area contributed by atoms with Crippen molar-refractivity contribution in [3.8, 4) is 0 Å². The van der Waals surface area contributed by atoms with Crippen molar-refractivity contribution in [2.45, 2.75) is 13.5 Å². The summed E-state index contributed by atoms with van der Waals surface area (Å²) in [5.41, 5.74) is 7.45.